The molecule has 8 heteroatoms. The number of nitrogen functional groups attached to an aromatic ring is 1. The summed E-state index contributed by atoms with van der Waals surface area (Å²) >= 11 is 1.62. The molecule has 0 saturated carbocycles. The van der Waals surface area contributed by atoms with Crippen LogP contribution in [0.5, 0.6) is 0 Å². The maximum absolute atomic E-state index is 13.1. The number of benzene rings is 3. The van der Waals surface area contributed by atoms with Gasteiger partial charge < -0.3 is 5.73 Å². The molecule has 6 nitrogen and oxygen atoms in total. The van der Waals surface area contributed by atoms with Gasteiger partial charge in [0, 0.05) is 4.88 Å². The molecule has 0 bridgehead atoms. The molecule has 2 amide bonds. The van der Waals surface area contributed by atoms with Crippen molar-refractivity contribution in [2.24, 2.45) is 0 Å². The zero-order valence-electron chi connectivity index (χ0n) is 19.7. The van der Waals surface area contributed by atoms with Gasteiger partial charge in [-0.1, -0.05) is 12.1 Å². The first-order valence-corrected chi connectivity index (χ1v) is 15.1. The minimum absolute atomic E-state index is 0.0843. The van der Waals surface area contributed by atoms with Gasteiger partial charge in [0.15, 0.2) is 0 Å². The number of thiophene rings is 1. The Morgan fingerprint density at radius 2 is 1.58 bits per heavy atom. The Bertz CT molecular complexity index is 1370. The van der Waals surface area contributed by atoms with Crippen molar-refractivity contribution in [3.05, 3.63) is 101 Å². The normalized spacial score (nSPS) is 15.8. The quantitative estimate of drug-likeness (QED) is 0.264. The number of amides is 2. The van der Waals surface area contributed by atoms with E-state index in [0.717, 1.165) is 15.7 Å². The van der Waals surface area contributed by atoms with Crippen LogP contribution in [-0.2, 0) is 0 Å². The van der Waals surface area contributed by atoms with Crippen LogP contribution in [0.2, 0.25) is 0 Å². The molecule has 3 aromatic carbocycles. The SMILES string of the molecule is Nc1ccc(-c2cccs2)cc1NC(=O)c1ccc(C(=O)N2CC[PH](O)(c3ccccc3)CC2)cc1. The molecular formula is C28H28N3O3PS. The summed E-state index contributed by atoms with van der Waals surface area (Å²) in [5, 5.41) is 5.91. The number of nitrogens with one attached hydrogen (secondary N) is 1. The van der Waals surface area contributed by atoms with Crippen LogP contribution in [0.15, 0.2) is 90.3 Å². The molecule has 2 heterocycles. The van der Waals surface area contributed by atoms with E-state index in [1.54, 1.807) is 46.6 Å². The molecule has 36 heavy (non-hydrogen) atoms. The number of carbonyl (C=O) groups excluding carboxylic acids is 2. The zero-order chi connectivity index (χ0) is 25.1. The molecule has 1 saturated heterocycles. The number of rotatable bonds is 5. The van der Waals surface area contributed by atoms with Gasteiger partial charge in [-0.05, 0) is 23.1 Å². The topological polar surface area (TPSA) is 95.7 Å². The summed E-state index contributed by atoms with van der Waals surface area (Å²) in [5.74, 6) is -0.375. The van der Waals surface area contributed by atoms with Gasteiger partial charge in [0.1, 0.15) is 0 Å². The molecule has 0 aliphatic carbocycles. The number of hydrogen-bond donors (Lipinski definition) is 3. The number of anilines is 2. The summed E-state index contributed by atoms with van der Waals surface area (Å²) in [5.41, 5.74) is 9.08. The van der Waals surface area contributed by atoms with Crippen molar-refractivity contribution in [2.75, 3.05) is 36.5 Å². The fourth-order valence-corrected chi connectivity index (χ4v) is 8.16. The molecule has 0 spiro atoms. The van der Waals surface area contributed by atoms with Crippen LogP contribution < -0.4 is 16.4 Å². The van der Waals surface area contributed by atoms with Crippen molar-refractivity contribution in [3.8, 4) is 10.4 Å². The molecule has 4 N–H and O–H groups in total. The Morgan fingerprint density at radius 1 is 0.889 bits per heavy atom. The van der Waals surface area contributed by atoms with Crippen molar-refractivity contribution in [1.82, 2.24) is 4.90 Å². The molecule has 4 aromatic rings. The second-order valence-corrected chi connectivity index (χ2v) is 13.6. The van der Waals surface area contributed by atoms with Gasteiger partial charge in [0.2, 0.25) is 0 Å². The summed E-state index contributed by atoms with van der Waals surface area (Å²) in [4.78, 5) is 40.0. The van der Waals surface area contributed by atoms with E-state index < -0.39 is 7.49 Å². The monoisotopic (exact) mass is 517 g/mol. The Kier molecular flexibility index (Phi) is 6.88. The van der Waals surface area contributed by atoms with Crippen molar-refractivity contribution in [1.29, 1.82) is 0 Å². The fraction of sp³-hybridized carbons (Fsp3) is 0.143. The molecular weight excluding hydrogens is 489 g/mol. The van der Waals surface area contributed by atoms with E-state index in [2.05, 4.69) is 5.32 Å². The van der Waals surface area contributed by atoms with E-state index in [1.165, 1.54) is 0 Å². The fourth-order valence-electron chi connectivity index (χ4n) is 4.52. The first-order valence-electron chi connectivity index (χ1n) is 11.8. The number of hydrogen-bond acceptors (Lipinski definition) is 5. The van der Waals surface area contributed by atoms with E-state index in [1.807, 2.05) is 60.0 Å². The summed E-state index contributed by atoms with van der Waals surface area (Å²) in [6.07, 6.45) is 1.24. The third kappa shape index (κ3) is 5.05. The number of nitrogens with zero attached hydrogens (tertiary/aromatic N) is 1. The Balaban J connectivity index is 1.23. The van der Waals surface area contributed by atoms with Crippen LogP contribution in [0.1, 0.15) is 20.7 Å². The Labute approximate surface area is 214 Å². The van der Waals surface area contributed by atoms with Crippen molar-refractivity contribution >= 4 is 47.3 Å². The van der Waals surface area contributed by atoms with Gasteiger partial charge in [-0.15, -0.1) is 11.3 Å². The Hall–Kier alpha value is -3.51. The predicted molar refractivity (Wildman–Crippen MR) is 151 cm³/mol. The third-order valence-electron chi connectivity index (χ3n) is 6.69. The summed E-state index contributed by atoms with van der Waals surface area (Å²) in [7, 11) is -2.55. The van der Waals surface area contributed by atoms with Crippen LogP contribution in [0.3, 0.4) is 0 Å². The van der Waals surface area contributed by atoms with Crippen LogP contribution in [0.25, 0.3) is 10.4 Å². The summed E-state index contributed by atoms with van der Waals surface area (Å²) in [6.45, 7) is 1.05. The average Bonchev–Trinajstić information content (AvgIpc) is 3.46. The second kappa shape index (κ2) is 10.2. The first kappa shape index (κ1) is 24.2. The molecule has 0 radical (unpaired) electrons. The molecule has 184 valence electrons. The van der Waals surface area contributed by atoms with E-state index in [0.29, 0.717) is 47.9 Å². The van der Waals surface area contributed by atoms with Gasteiger partial charge in [-0.25, -0.2) is 0 Å². The van der Waals surface area contributed by atoms with Crippen LogP contribution in [-0.4, -0.2) is 47.0 Å². The second-order valence-electron chi connectivity index (χ2n) is 9.00. The minimum atomic E-state index is -2.55. The Morgan fingerprint density at radius 3 is 2.25 bits per heavy atom. The summed E-state index contributed by atoms with van der Waals surface area (Å²) < 4.78 is 0. The van der Waals surface area contributed by atoms with E-state index >= 15 is 0 Å². The molecule has 5 rings (SSSR count). The molecule has 1 aliphatic rings. The molecule has 0 atom stereocenters. The number of carbonyl (C=O) groups is 2. The molecule has 0 unspecified atom stereocenters. The van der Waals surface area contributed by atoms with Gasteiger partial charge in [-0.2, -0.15) is 0 Å². The maximum atomic E-state index is 13.1. The molecule has 1 aliphatic heterocycles. The van der Waals surface area contributed by atoms with Gasteiger partial charge >= 0.3 is 158 Å². The average molecular weight is 518 g/mol. The van der Waals surface area contributed by atoms with Crippen LogP contribution in [0, 0.1) is 0 Å². The van der Waals surface area contributed by atoms with E-state index in [-0.39, 0.29) is 11.8 Å². The van der Waals surface area contributed by atoms with Gasteiger partial charge in [0.05, 0.1) is 0 Å². The third-order valence-corrected chi connectivity index (χ3v) is 11.1. The predicted octanol–water partition coefficient (Wildman–Crippen LogP) is 4.69. The molecule has 1 fully saturated rings. The van der Waals surface area contributed by atoms with E-state index in [9.17, 15) is 14.5 Å². The van der Waals surface area contributed by atoms with Gasteiger partial charge in [0.25, 0.3) is 0 Å². The van der Waals surface area contributed by atoms with Crippen molar-refractivity contribution in [3.63, 3.8) is 0 Å². The standard InChI is InChI=1S/C28H28N3O3PS/c29-24-13-12-22(26-7-4-18-36-26)19-25(24)30-27(32)20-8-10-21(11-9-20)28(33)31-14-16-35(34,17-15-31)23-5-2-1-3-6-23/h1-13,18-19,34-35H,14-17,29H2,(H,30,32). The van der Waals surface area contributed by atoms with Crippen LogP contribution >= 0.6 is 18.8 Å². The molecule has 1 aromatic heterocycles. The van der Waals surface area contributed by atoms with Crippen molar-refractivity contribution < 1.29 is 14.5 Å². The summed E-state index contributed by atoms with van der Waals surface area (Å²) in [6, 6.07) is 26.1. The van der Waals surface area contributed by atoms with Crippen LogP contribution in [0.4, 0.5) is 11.4 Å². The van der Waals surface area contributed by atoms with Crippen molar-refractivity contribution in [2.45, 2.75) is 0 Å². The van der Waals surface area contributed by atoms with E-state index in [4.69, 9.17) is 5.73 Å². The first-order chi connectivity index (χ1) is 17.4. The zero-order valence-corrected chi connectivity index (χ0v) is 21.5. The van der Waals surface area contributed by atoms with Gasteiger partial charge in [-0.3, -0.25) is 0 Å². The number of nitrogens with two attached hydrogens (primary N) is 1.